The Hall–Kier alpha value is -1.63. The molecule has 0 aromatic rings. The number of carbonyl (C=O) groups excluding carboxylic acids is 3. The molecule has 0 rings (SSSR count). The maximum atomic E-state index is 11.2. The van der Waals surface area contributed by atoms with E-state index in [9.17, 15) is 19.5 Å². The van der Waals surface area contributed by atoms with E-state index < -0.39 is 36.9 Å². The highest BCUT2D eigenvalue weighted by Gasteiger charge is 2.35. The highest BCUT2D eigenvalue weighted by molar-refractivity contribution is 5.70. The van der Waals surface area contributed by atoms with Gasteiger partial charge in [0.25, 0.3) is 5.79 Å². The molecule has 0 aromatic heterocycles. The summed E-state index contributed by atoms with van der Waals surface area (Å²) in [4.78, 5) is 33.2. The molecule has 0 spiro atoms. The minimum Gasteiger partial charge on any atom is -0.459 e. The largest absolute Gasteiger partial charge is 0.459 e. The minimum absolute atomic E-state index is 0.0335. The lowest BCUT2D eigenvalue weighted by Crippen LogP contribution is -2.45. The second kappa shape index (κ2) is 8.47. The van der Waals surface area contributed by atoms with Crippen LogP contribution in [0.2, 0.25) is 0 Å². The van der Waals surface area contributed by atoms with Crippen molar-refractivity contribution in [3.05, 3.63) is 0 Å². The van der Waals surface area contributed by atoms with E-state index in [-0.39, 0.29) is 19.3 Å². The molecule has 0 saturated carbocycles. The quantitative estimate of drug-likeness (QED) is 0.392. The van der Waals surface area contributed by atoms with Gasteiger partial charge in [-0.05, 0) is 0 Å². The fraction of sp³-hybridized carbons (Fsp3) is 0.750. The van der Waals surface area contributed by atoms with E-state index in [2.05, 4.69) is 0 Å². The lowest BCUT2D eigenvalue weighted by atomic mass is 10.3. The molecule has 0 unspecified atom stereocenters. The van der Waals surface area contributed by atoms with E-state index in [1.54, 1.807) is 20.8 Å². The number of carbonyl (C=O) groups is 3. The van der Waals surface area contributed by atoms with Crippen molar-refractivity contribution in [2.24, 2.45) is 0 Å². The predicted octanol–water partition coefficient (Wildman–Crippen LogP) is 0.535. The van der Waals surface area contributed by atoms with Gasteiger partial charge in [-0.2, -0.15) is 0 Å². The van der Waals surface area contributed by atoms with Crippen LogP contribution in [0, 0.1) is 0 Å². The van der Waals surface area contributed by atoms with E-state index in [1.807, 2.05) is 0 Å². The molecule has 0 heterocycles. The summed E-state index contributed by atoms with van der Waals surface area (Å²) in [5.74, 6) is -3.97. The molecular formula is C12H20O7. The van der Waals surface area contributed by atoms with Crippen LogP contribution in [0.1, 0.15) is 40.0 Å². The van der Waals surface area contributed by atoms with Crippen LogP contribution in [0.4, 0.5) is 0 Å². The average Bonchev–Trinajstić information content (AvgIpc) is 2.42. The first-order valence-electron chi connectivity index (χ1n) is 6.12. The number of esters is 3. The van der Waals surface area contributed by atoms with E-state index in [0.717, 1.165) is 0 Å². The third-order valence-corrected chi connectivity index (χ3v) is 2.09. The number of rotatable bonds is 8. The van der Waals surface area contributed by atoms with Crippen molar-refractivity contribution < 1.29 is 33.7 Å². The average molecular weight is 276 g/mol. The van der Waals surface area contributed by atoms with E-state index >= 15 is 0 Å². The highest BCUT2D eigenvalue weighted by Crippen LogP contribution is 2.11. The third-order valence-electron chi connectivity index (χ3n) is 2.09. The Bertz CT molecular complexity index is 304. The molecular weight excluding hydrogens is 256 g/mol. The summed E-state index contributed by atoms with van der Waals surface area (Å²) in [6.07, 6.45) is 0.269. The number of aliphatic hydroxyl groups is 1. The van der Waals surface area contributed by atoms with Gasteiger partial charge in [-0.25, -0.2) is 0 Å². The van der Waals surface area contributed by atoms with Gasteiger partial charge in [-0.15, -0.1) is 0 Å². The molecule has 0 aliphatic carbocycles. The van der Waals surface area contributed by atoms with E-state index in [1.165, 1.54) is 0 Å². The van der Waals surface area contributed by atoms with Crippen LogP contribution in [0.15, 0.2) is 0 Å². The van der Waals surface area contributed by atoms with Crippen LogP contribution in [0.25, 0.3) is 0 Å². The topological polar surface area (TPSA) is 99.1 Å². The summed E-state index contributed by atoms with van der Waals surface area (Å²) in [5, 5.41) is 10.0. The number of hydrogen-bond acceptors (Lipinski definition) is 7. The van der Waals surface area contributed by atoms with Gasteiger partial charge in [0.05, 0.1) is 0 Å². The Balaban J connectivity index is 4.56. The van der Waals surface area contributed by atoms with Gasteiger partial charge in [-0.1, -0.05) is 20.8 Å². The lowest BCUT2D eigenvalue weighted by molar-refractivity contribution is -0.245. The van der Waals surface area contributed by atoms with Crippen LogP contribution >= 0.6 is 0 Å². The Morgan fingerprint density at radius 2 is 1.21 bits per heavy atom. The van der Waals surface area contributed by atoms with Crippen LogP contribution in [0.5, 0.6) is 0 Å². The van der Waals surface area contributed by atoms with Crippen molar-refractivity contribution in [1.82, 2.24) is 0 Å². The molecule has 0 fully saturated rings. The maximum absolute atomic E-state index is 11.2. The first kappa shape index (κ1) is 17.4. The fourth-order valence-electron chi connectivity index (χ4n) is 0.975. The molecule has 7 nitrogen and oxygen atoms in total. The summed E-state index contributed by atoms with van der Waals surface area (Å²) in [5.41, 5.74) is 0. The predicted molar refractivity (Wildman–Crippen MR) is 63.8 cm³/mol. The summed E-state index contributed by atoms with van der Waals surface area (Å²) in [7, 11) is 0. The van der Waals surface area contributed by atoms with Crippen molar-refractivity contribution >= 4 is 17.9 Å². The van der Waals surface area contributed by atoms with Gasteiger partial charge in [0.1, 0.15) is 0 Å². The fourth-order valence-corrected chi connectivity index (χ4v) is 0.975. The summed E-state index contributed by atoms with van der Waals surface area (Å²) in [6, 6.07) is 0. The van der Waals surface area contributed by atoms with Gasteiger partial charge in [0, 0.05) is 19.3 Å². The Kier molecular flexibility index (Phi) is 7.74. The van der Waals surface area contributed by atoms with Crippen LogP contribution < -0.4 is 0 Å². The summed E-state index contributed by atoms with van der Waals surface area (Å²) >= 11 is 0. The number of ether oxygens (including phenoxy) is 3. The third kappa shape index (κ3) is 7.40. The van der Waals surface area contributed by atoms with Crippen molar-refractivity contribution in [1.29, 1.82) is 0 Å². The van der Waals surface area contributed by atoms with Crippen molar-refractivity contribution in [3.63, 3.8) is 0 Å². The molecule has 0 bridgehead atoms. The molecule has 0 saturated heterocycles. The second-order valence-corrected chi connectivity index (χ2v) is 3.80. The molecule has 7 heteroatoms. The van der Waals surface area contributed by atoms with Gasteiger partial charge in [-0.3, -0.25) is 14.4 Å². The monoisotopic (exact) mass is 276 g/mol. The smallest absolute Gasteiger partial charge is 0.308 e. The first-order chi connectivity index (χ1) is 8.86. The Morgan fingerprint density at radius 1 is 0.842 bits per heavy atom. The molecule has 0 atom stereocenters. The summed E-state index contributed by atoms with van der Waals surface area (Å²) in [6.45, 7) is 3.54. The van der Waals surface area contributed by atoms with E-state index in [4.69, 9.17) is 14.2 Å². The zero-order chi connectivity index (χ0) is 14.9. The van der Waals surface area contributed by atoms with Gasteiger partial charge in [0.2, 0.25) is 0 Å². The minimum atomic E-state index is -2.15. The van der Waals surface area contributed by atoms with Crippen molar-refractivity contribution in [3.8, 4) is 0 Å². The van der Waals surface area contributed by atoms with Crippen LogP contribution in [0.3, 0.4) is 0 Å². The maximum Gasteiger partial charge on any atom is 0.308 e. The van der Waals surface area contributed by atoms with Gasteiger partial charge >= 0.3 is 17.9 Å². The molecule has 0 aliphatic rings. The standard InChI is InChI=1S/C12H20O7/c1-4-9(13)17-7-12(16,19-11(15)6-3)8-18-10(14)5-2/h16H,4-8H2,1-3H3. The van der Waals surface area contributed by atoms with Crippen molar-refractivity contribution in [2.75, 3.05) is 13.2 Å². The lowest BCUT2D eigenvalue weighted by Gasteiger charge is -2.26. The molecule has 0 amide bonds. The van der Waals surface area contributed by atoms with Crippen LogP contribution in [-0.2, 0) is 28.6 Å². The van der Waals surface area contributed by atoms with E-state index in [0.29, 0.717) is 0 Å². The van der Waals surface area contributed by atoms with Gasteiger partial charge in [0.15, 0.2) is 13.2 Å². The molecule has 19 heavy (non-hydrogen) atoms. The molecule has 0 aliphatic heterocycles. The molecule has 0 aromatic carbocycles. The van der Waals surface area contributed by atoms with Crippen LogP contribution in [-0.4, -0.2) is 42.0 Å². The number of hydrogen-bond donors (Lipinski definition) is 1. The molecule has 110 valence electrons. The SMILES string of the molecule is CCC(=O)OCC(O)(COC(=O)CC)OC(=O)CC. The Labute approximate surface area is 111 Å². The first-order valence-corrected chi connectivity index (χ1v) is 6.12. The zero-order valence-electron chi connectivity index (χ0n) is 11.4. The normalized spacial score (nSPS) is 10.7. The zero-order valence-corrected chi connectivity index (χ0v) is 11.4. The van der Waals surface area contributed by atoms with Crippen molar-refractivity contribution in [2.45, 2.75) is 45.8 Å². The highest BCUT2D eigenvalue weighted by atomic mass is 16.7. The summed E-state index contributed by atoms with van der Waals surface area (Å²) < 4.78 is 14.2. The Morgan fingerprint density at radius 3 is 1.53 bits per heavy atom. The molecule has 0 radical (unpaired) electrons. The van der Waals surface area contributed by atoms with Gasteiger partial charge < -0.3 is 19.3 Å². The molecule has 1 N–H and O–H groups in total. The second-order valence-electron chi connectivity index (χ2n) is 3.80.